The van der Waals surface area contributed by atoms with Crippen LogP contribution >= 0.6 is 15.9 Å². The van der Waals surface area contributed by atoms with E-state index in [-0.39, 0.29) is 5.56 Å². The Labute approximate surface area is 121 Å². The number of nitrogens with one attached hydrogen (secondary N) is 1. The number of nitrogens with two attached hydrogens (primary N) is 1. The van der Waals surface area contributed by atoms with E-state index in [0.29, 0.717) is 10.2 Å². The Morgan fingerprint density at radius 3 is 2.55 bits per heavy atom. The first-order valence-corrected chi connectivity index (χ1v) is 6.44. The van der Waals surface area contributed by atoms with E-state index in [4.69, 9.17) is 5.84 Å². The van der Waals surface area contributed by atoms with E-state index >= 15 is 0 Å². The molecular weight excluding hydrogens is 337 g/mol. The van der Waals surface area contributed by atoms with Crippen molar-refractivity contribution in [3.8, 4) is 0 Å². The summed E-state index contributed by atoms with van der Waals surface area (Å²) in [5, 5.41) is 3.95. The second kappa shape index (κ2) is 5.55. The Morgan fingerprint density at radius 1 is 1.35 bits per heavy atom. The summed E-state index contributed by atoms with van der Waals surface area (Å²) in [6.45, 7) is 0. The molecule has 1 unspecified atom stereocenters. The zero-order valence-corrected chi connectivity index (χ0v) is 12.0. The average Bonchev–Trinajstić information content (AvgIpc) is 2.77. The number of hydrogen-bond acceptors (Lipinski definition) is 3. The van der Waals surface area contributed by atoms with E-state index in [0.717, 1.165) is 6.07 Å². The van der Waals surface area contributed by atoms with Crippen LogP contribution in [0.15, 0.2) is 34.9 Å². The number of halogens is 4. The molecule has 1 atom stereocenters. The maximum Gasteiger partial charge on any atom is 0.416 e. The largest absolute Gasteiger partial charge is 0.416 e. The molecule has 0 spiro atoms. The van der Waals surface area contributed by atoms with Gasteiger partial charge in [0.1, 0.15) is 0 Å². The predicted molar refractivity (Wildman–Crippen MR) is 71.5 cm³/mol. The number of nitrogens with zero attached hydrogens (tertiary/aromatic N) is 2. The molecule has 0 radical (unpaired) electrons. The van der Waals surface area contributed by atoms with Crippen LogP contribution in [0.5, 0.6) is 0 Å². The highest BCUT2D eigenvalue weighted by molar-refractivity contribution is 9.10. The molecule has 2 rings (SSSR count). The van der Waals surface area contributed by atoms with Crippen LogP contribution in [-0.2, 0) is 13.2 Å². The molecule has 0 aliphatic heterocycles. The van der Waals surface area contributed by atoms with E-state index in [2.05, 4.69) is 26.5 Å². The summed E-state index contributed by atoms with van der Waals surface area (Å²) in [7, 11) is 1.64. The first-order chi connectivity index (χ1) is 9.34. The zero-order valence-electron chi connectivity index (χ0n) is 10.4. The van der Waals surface area contributed by atoms with Gasteiger partial charge in [0, 0.05) is 17.7 Å². The molecule has 108 valence electrons. The lowest BCUT2D eigenvalue weighted by Crippen LogP contribution is -2.32. The highest BCUT2D eigenvalue weighted by atomic mass is 79.9. The molecule has 0 saturated heterocycles. The monoisotopic (exact) mass is 348 g/mol. The third-order valence-electron chi connectivity index (χ3n) is 2.95. The SMILES string of the molecule is Cn1nccc1C(NN)c1ccc(Br)cc1C(F)(F)F. The Balaban J connectivity index is 2.59. The topological polar surface area (TPSA) is 55.9 Å². The van der Waals surface area contributed by atoms with E-state index < -0.39 is 17.8 Å². The fourth-order valence-corrected chi connectivity index (χ4v) is 2.39. The lowest BCUT2D eigenvalue weighted by Gasteiger charge is -2.21. The van der Waals surface area contributed by atoms with Gasteiger partial charge >= 0.3 is 6.18 Å². The molecule has 1 heterocycles. The second-order valence-corrected chi connectivity index (χ2v) is 5.12. The maximum absolute atomic E-state index is 13.2. The van der Waals surface area contributed by atoms with Crippen LogP contribution in [0.4, 0.5) is 13.2 Å². The molecule has 0 fully saturated rings. The van der Waals surface area contributed by atoms with E-state index in [1.54, 1.807) is 19.2 Å². The van der Waals surface area contributed by atoms with Crippen LogP contribution in [0.1, 0.15) is 22.9 Å². The van der Waals surface area contributed by atoms with Crippen molar-refractivity contribution >= 4 is 15.9 Å². The third kappa shape index (κ3) is 2.87. The van der Waals surface area contributed by atoms with Gasteiger partial charge in [-0.3, -0.25) is 10.5 Å². The summed E-state index contributed by atoms with van der Waals surface area (Å²) < 4.78 is 41.3. The van der Waals surface area contributed by atoms with Crippen LogP contribution in [0.25, 0.3) is 0 Å². The Kier molecular flexibility index (Phi) is 4.17. The minimum Gasteiger partial charge on any atom is -0.271 e. The summed E-state index contributed by atoms with van der Waals surface area (Å²) in [5.74, 6) is 5.44. The van der Waals surface area contributed by atoms with Gasteiger partial charge in [-0.1, -0.05) is 22.0 Å². The van der Waals surface area contributed by atoms with Crippen molar-refractivity contribution in [2.24, 2.45) is 12.9 Å². The molecule has 0 amide bonds. The summed E-state index contributed by atoms with van der Waals surface area (Å²) in [6.07, 6.45) is -2.96. The van der Waals surface area contributed by atoms with Gasteiger partial charge in [-0.25, -0.2) is 5.43 Å². The minimum atomic E-state index is -4.47. The molecule has 1 aromatic heterocycles. The number of benzene rings is 1. The fraction of sp³-hybridized carbons (Fsp3) is 0.250. The van der Waals surface area contributed by atoms with Crippen molar-refractivity contribution in [2.75, 3.05) is 0 Å². The van der Waals surface area contributed by atoms with Crippen molar-refractivity contribution in [1.82, 2.24) is 15.2 Å². The fourth-order valence-electron chi connectivity index (χ4n) is 2.03. The van der Waals surface area contributed by atoms with Gasteiger partial charge in [0.15, 0.2) is 0 Å². The molecule has 2 aromatic rings. The Bertz CT molecular complexity index is 609. The van der Waals surface area contributed by atoms with Gasteiger partial charge in [-0.2, -0.15) is 18.3 Å². The minimum absolute atomic E-state index is 0.0480. The molecule has 0 bridgehead atoms. The first-order valence-electron chi connectivity index (χ1n) is 5.65. The first kappa shape index (κ1) is 15.0. The summed E-state index contributed by atoms with van der Waals surface area (Å²) in [5.41, 5.74) is 2.27. The van der Waals surface area contributed by atoms with Crippen molar-refractivity contribution in [3.63, 3.8) is 0 Å². The number of alkyl halides is 3. The number of hydrogen-bond donors (Lipinski definition) is 2. The highest BCUT2D eigenvalue weighted by Crippen LogP contribution is 2.37. The summed E-state index contributed by atoms with van der Waals surface area (Å²) in [6, 6.07) is 4.80. The van der Waals surface area contributed by atoms with Crippen molar-refractivity contribution < 1.29 is 13.2 Å². The van der Waals surface area contributed by atoms with E-state index in [1.807, 2.05) is 0 Å². The van der Waals surface area contributed by atoms with Gasteiger partial charge in [-0.15, -0.1) is 0 Å². The molecular formula is C12H12BrF3N4. The molecule has 0 aliphatic rings. The van der Waals surface area contributed by atoms with Gasteiger partial charge < -0.3 is 0 Å². The lowest BCUT2D eigenvalue weighted by atomic mass is 9.98. The van der Waals surface area contributed by atoms with Gasteiger partial charge in [0.25, 0.3) is 0 Å². The van der Waals surface area contributed by atoms with Crippen LogP contribution in [0.3, 0.4) is 0 Å². The van der Waals surface area contributed by atoms with Gasteiger partial charge in [0.2, 0.25) is 0 Å². The third-order valence-corrected chi connectivity index (χ3v) is 3.45. The van der Waals surface area contributed by atoms with Crippen LogP contribution in [-0.4, -0.2) is 9.78 Å². The molecule has 0 saturated carbocycles. The molecule has 20 heavy (non-hydrogen) atoms. The standard InChI is InChI=1S/C12H12BrF3N4/c1-20-10(4-5-18-20)11(19-17)8-3-2-7(13)6-9(8)12(14,15)16/h2-6,11,19H,17H2,1H3. The van der Waals surface area contributed by atoms with E-state index in [1.165, 1.54) is 16.9 Å². The lowest BCUT2D eigenvalue weighted by molar-refractivity contribution is -0.138. The molecule has 3 N–H and O–H groups in total. The molecule has 1 aromatic carbocycles. The van der Waals surface area contributed by atoms with Crippen LogP contribution < -0.4 is 11.3 Å². The molecule has 8 heteroatoms. The summed E-state index contributed by atoms with van der Waals surface area (Å²) in [4.78, 5) is 0. The van der Waals surface area contributed by atoms with Crippen LogP contribution in [0, 0.1) is 0 Å². The van der Waals surface area contributed by atoms with E-state index in [9.17, 15) is 13.2 Å². The van der Waals surface area contributed by atoms with Crippen molar-refractivity contribution in [3.05, 3.63) is 51.8 Å². The van der Waals surface area contributed by atoms with Crippen molar-refractivity contribution in [2.45, 2.75) is 12.2 Å². The summed E-state index contributed by atoms with van der Waals surface area (Å²) >= 11 is 3.05. The number of aryl methyl sites for hydroxylation is 1. The number of hydrazine groups is 1. The molecule has 4 nitrogen and oxygen atoms in total. The Morgan fingerprint density at radius 2 is 2.05 bits per heavy atom. The highest BCUT2D eigenvalue weighted by Gasteiger charge is 2.36. The van der Waals surface area contributed by atoms with Gasteiger partial charge in [-0.05, 0) is 23.8 Å². The predicted octanol–water partition coefficient (Wildman–Crippen LogP) is 2.75. The maximum atomic E-state index is 13.2. The molecule has 0 aliphatic carbocycles. The Hall–Kier alpha value is -1.38. The zero-order chi connectivity index (χ0) is 14.9. The van der Waals surface area contributed by atoms with Gasteiger partial charge in [0.05, 0.1) is 17.3 Å². The number of rotatable bonds is 3. The van der Waals surface area contributed by atoms with Crippen molar-refractivity contribution in [1.29, 1.82) is 0 Å². The quantitative estimate of drug-likeness (QED) is 0.662. The number of aromatic nitrogens is 2. The normalized spacial score (nSPS) is 13.5. The average molecular weight is 349 g/mol. The van der Waals surface area contributed by atoms with Crippen LogP contribution in [0.2, 0.25) is 0 Å². The smallest absolute Gasteiger partial charge is 0.271 e. The second-order valence-electron chi connectivity index (χ2n) is 4.21.